The van der Waals surface area contributed by atoms with Gasteiger partial charge in [0.15, 0.2) is 5.82 Å². The maximum absolute atomic E-state index is 9.34. The van der Waals surface area contributed by atoms with Crippen LogP contribution in [0.4, 0.5) is 0 Å². The SMILES string of the molecule is COc1ccc(C2C[C@@H]2COc2nc(CO)ncc2-c2cnn(C)c2)nc1. The van der Waals surface area contributed by atoms with E-state index in [2.05, 4.69) is 20.1 Å². The molecule has 27 heavy (non-hydrogen) atoms. The number of methoxy groups -OCH3 is 1. The van der Waals surface area contributed by atoms with Crippen LogP contribution in [-0.2, 0) is 13.7 Å². The number of hydrogen-bond donors (Lipinski definition) is 1. The highest BCUT2D eigenvalue weighted by atomic mass is 16.5. The largest absolute Gasteiger partial charge is 0.495 e. The molecule has 1 fully saturated rings. The van der Waals surface area contributed by atoms with E-state index in [0.29, 0.717) is 30.1 Å². The van der Waals surface area contributed by atoms with Crippen LogP contribution in [0, 0.1) is 5.92 Å². The number of nitrogens with zero attached hydrogens (tertiary/aromatic N) is 5. The first-order valence-corrected chi connectivity index (χ1v) is 8.76. The Morgan fingerprint density at radius 2 is 2.11 bits per heavy atom. The second-order valence-corrected chi connectivity index (χ2v) is 6.60. The van der Waals surface area contributed by atoms with Gasteiger partial charge in [-0.25, -0.2) is 4.98 Å². The lowest BCUT2D eigenvalue weighted by Crippen LogP contribution is -2.06. The number of aliphatic hydroxyl groups is 1. The van der Waals surface area contributed by atoms with E-state index in [4.69, 9.17) is 9.47 Å². The van der Waals surface area contributed by atoms with Gasteiger partial charge >= 0.3 is 0 Å². The van der Waals surface area contributed by atoms with E-state index in [-0.39, 0.29) is 6.61 Å². The van der Waals surface area contributed by atoms with Gasteiger partial charge < -0.3 is 14.6 Å². The van der Waals surface area contributed by atoms with E-state index < -0.39 is 0 Å². The summed E-state index contributed by atoms with van der Waals surface area (Å²) >= 11 is 0. The Morgan fingerprint density at radius 1 is 1.22 bits per heavy atom. The Kier molecular flexibility index (Phi) is 4.72. The van der Waals surface area contributed by atoms with Crippen molar-refractivity contribution in [2.45, 2.75) is 18.9 Å². The molecule has 0 spiro atoms. The number of ether oxygens (including phenoxy) is 2. The van der Waals surface area contributed by atoms with Crippen LogP contribution in [0.1, 0.15) is 23.9 Å². The molecule has 8 nitrogen and oxygen atoms in total. The molecule has 8 heteroatoms. The molecule has 1 aliphatic rings. The molecule has 4 rings (SSSR count). The van der Waals surface area contributed by atoms with Gasteiger partial charge in [0.25, 0.3) is 0 Å². The van der Waals surface area contributed by atoms with Crippen molar-refractivity contribution >= 4 is 0 Å². The Bertz CT molecular complexity index is 925. The summed E-state index contributed by atoms with van der Waals surface area (Å²) in [6.45, 7) is 0.305. The minimum Gasteiger partial charge on any atom is -0.495 e. The number of rotatable bonds is 7. The average Bonchev–Trinajstić information content (AvgIpc) is 3.37. The molecule has 0 aliphatic heterocycles. The highest BCUT2D eigenvalue weighted by Gasteiger charge is 2.40. The molecule has 1 saturated carbocycles. The van der Waals surface area contributed by atoms with E-state index in [1.54, 1.807) is 30.4 Å². The first-order chi connectivity index (χ1) is 13.2. The summed E-state index contributed by atoms with van der Waals surface area (Å²) in [7, 11) is 3.48. The monoisotopic (exact) mass is 367 g/mol. The van der Waals surface area contributed by atoms with Gasteiger partial charge in [-0.3, -0.25) is 9.67 Å². The fourth-order valence-electron chi connectivity index (χ4n) is 3.06. The summed E-state index contributed by atoms with van der Waals surface area (Å²) in [6.07, 6.45) is 8.06. The standard InChI is InChI=1S/C19H21N5O3/c1-24-9-13(6-22-24)16-8-21-18(10-25)23-19(16)27-11-12-5-15(12)17-4-3-14(26-2)7-20-17/h3-4,6-9,12,15,25H,5,10-11H2,1-2H3/t12-,15?/m1/s1. The van der Waals surface area contributed by atoms with Crippen LogP contribution in [0.5, 0.6) is 11.6 Å². The van der Waals surface area contributed by atoms with Gasteiger partial charge in [0.2, 0.25) is 5.88 Å². The second kappa shape index (κ2) is 7.32. The van der Waals surface area contributed by atoms with Crippen LogP contribution < -0.4 is 9.47 Å². The smallest absolute Gasteiger partial charge is 0.224 e. The van der Waals surface area contributed by atoms with E-state index in [1.165, 1.54) is 0 Å². The van der Waals surface area contributed by atoms with Gasteiger partial charge in [0.1, 0.15) is 12.4 Å². The van der Waals surface area contributed by atoms with Crippen LogP contribution in [0.25, 0.3) is 11.1 Å². The molecule has 0 aromatic carbocycles. The van der Waals surface area contributed by atoms with E-state index in [1.807, 2.05) is 25.4 Å². The van der Waals surface area contributed by atoms with Crippen molar-refractivity contribution in [2.75, 3.05) is 13.7 Å². The van der Waals surface area contributed by atoms with Crippen LogP contribution in [0.3, 0.4) is 0 Å². The molecule has 0 bridgehead atoms. The van der Waals surface area contributed by atoms with Crippen molar-refractivity contribution in [3.05, 3.63) is 48.4 Å². The molecular formula is C19H21N5O3. The lowest BCUT2D eigenvalue weighted by Gasteiger charge is -2.10. The highest BCUT2D eigenvalue weighted by Crippen LogP contribution is 2.47. The third kappa shape index (κ3) is 3.75. The molecule has 2 atom stereocenters. The van der Waals surface area contributed by atoms with Crippen LogP contribution >= 0.6 is 0 Å². The number of aromatic nitrogens is 5. The number of aliphatic hydroxyl groups excluding tert-OH is 1. The molecule has 0 radical (unpaired) electrons. The minimum atomic E-state index is -0.231. The third-order valence-corrected chi connectivity index (χ3v) is 4.69. The van der Waals surface area contributed by atoms with Crippen molar-refractivity contribution < 1.29 is 14.6 Å². The van der Waals surface area contributed by atoms with Gasteiger partial charge in [-0.05, 0) is 18.6 Å². The van der Waals surface area contributed by atoms with E-state index in [9.17, 15) is 5.11 Å². The predicted molar refractivity (Wildman–Crippen MR) is 97.3 cm³/mol. The Morgan fingerprint density at radius 3 is 2.78 bits per heavy atom. The van der Waals surface area contributed by atoms with E-state index in [0.717, 1.165) is 29.0 Å². The van der Waals surface area contributed by atoms with Crippen molar-refractivity contribution in [3.63, 3.8) is 0 Å². The molecule has 1 N–H and O–H groups in total. The molecule has 3 aromatic heterocycles. The number of pyridine rings is 1. The zero-order valence-corrected chi connectivity index (χ0v) is 15.2. The minimum absolute atomic E-state index is 0.231. The third-order valence-electron chi connectivity index (χ3n) is 4.69. The van der Waals surface area contributed by atoms with Gasteiger partial charge in [-0.15, -0.1) is 0 Å². The quantitative estimate of drug-likeness (QED) is 0.682. The van der Waals surface area contributed by atoms with Gasteiger partial charge in [-0.1, -0.05) is 0 Å². The fourth-order valence-corrected chi connectivity index (χ4v) is 3.06. The first-order valence-electron chi connectivity index (χ1n) is 8.76. The summed E-state index contributed by atoms with van der Waals surface area (Å²) < 4.78 is 12.9. The summed E-state index contributed by atoms with van der Waals surface area (Å²) in [4.78, 5) is 13.0. The zero-order chi connectivity index (χ0) is 18.8. The molecule has 0 saturated heterocycles. The first kappa shape index (κ1) is 17.4. The predicted octanol–water partition coefficient (Wildman–Crippen LogP) is 1.96. The van der Waals surface area contributed by atoms with Crippen molar-refractivity contribution in [1.29, 1.82) is 0 Å². The Labute approximate surface area is 156 Å². The fraction of sp³-hybridized carbons (Fsp3) is 0.368. The molecule has 140 valence electrons. The molecule has 0 amide bonds. The van der Waals surface area contributed by atoms with Crippen LogP contribution in [-0.4, -0.2) is 43.6 Å². The number of aryl methyl sites for hydroxylation is 1. The Hall–Kier alpha value is -3.00. The van der Waals surface area contributed by atoms with Crippen molar-refractivity contribution in [3.8, 4) is 22.8 Å². The van der Waals surface area contributed by atoms with Gasteiger partial charge in [0, 0.05) is 42.5 Å². The topological polar surface area (TPSA) is 95.2 Å². The second-order valence-electron chi connectivity index (χ2n) is 6.60. The zero-order valence-electron chi connectivity index (χ0n) is 15.2. The average molecular weight is 367 g/mol. The highest BCUT2D eigenvalue weighted by molar-refractivity contribution is 5.66. The van der Waals surface area contributed by atoms with Crippen LogP contribution in [0.2, 0.25) is 0 Å². The van der Waals surface area contributed by atoms with Crippen molar-refractivity contribution in [2.24, 2.45) is 13.0 Å². The maximum Gasteiger partial charge on any atom is 0.224 e. The lowest BCUT2D eigenvalue weighted by molar-refractivity contribution is 0.259. The molecule has 1 aliphatic carbocycles. The van der Waals surface area contributed by atoms with Crippen molar-refractivity contribution in [1.82, 2.24) is 24.7 Å². The maximum atomic E-state index is 9.34. The molecule has 3 aromatic rings. The summed E-state index contributed by atoms with van der Waals surface area (Å²) in [5, 5.41) is 13.5. The summed E-state index contributed by atoms with van der Waals surface area (Å²) in [6, 6.07) is 3.93. The van der Waals surface area contributed by atoms with Gasteiger partial charge in [0.05, 0.1) is 31.7 Å². The normalized spacial score (nSPS) is 18.3. The Balaban J connectivity index is 1.46. The lowest BCUT2D eigenvalue weighted by atomic mass is 10.2. The summed E-state index contributed by atoms with van der Waals surface area (Å²) in [5.74, 6) is 2.33. The molecular weight excluding hydrogens is 346 g/mol. The van der Waals surface area contributed by atoms with E-state index >= 15 is 0 Å². The number of hydrogen-bond acceptors (Lipinski definition) is 7. The van der Waals surface area contributed by atoms with Gasteiger partial charge in [-0.2, -0.15) is 10.1 Å². The summed E-state index contributed by atoms with van der Waals surface area (Å²) in [5.41, 5.74) is 2.69. The molecule has 1 unspecified atom stereocenters. The molecule has 3 heterocycles. The van der Waals surface area contributed by atoms with Crippen LogP contribution in [0.15, 0.2) is 36.9 Å².